The first-order valence-corrected chi connectivity index (χ1v) is 5.87. The fourth-order valence-corrected chi connectivity index (χ4v) is 1.93. The van der Waals surface area contributed by atoms with Gasteiger partial charge in [-0.2, -0.15) is 5.26 Å². The van der Waals surface area contributed by atoms with E-state index >= 15 is 0 Å². The van der Waals surface area contributed by atoms with Crippen molar-refractivity contribution >= 4 is 17.2 Å². The van der Waals surface area contributed by atoms with Crippen LogP contribution in [0.5, 0.6) is 0 Å². The molecule has 0 radical (unpaired) electrons. The summed E-state index contributed by atoms with van der Waals surface area (Å²) in [6.07, 6.45) is 0.323. The zero-order valence-electron chi connectivity index (χ0n) is 9.43. The van der Waals surface area contributed by atoms with E-state index < -0.39 is 0 Å². The summed E-state index contributed by atoms with van der Waals surface area (Å²) >= 11 is 1.36. The lowest BCUT2D eigenvalue weighted by Crippen LogP contribution is -2.27. The van der Waals surface area contributed by atoms with Gasteiger partial charge in [-0.3, -0.25) is 4.79 Å². The maximum Gasteiger partial charge on any atom is 0.254 e. The number of hydrogen-bond acceptors (Lipinski definition) is 4. The van der Waals surface area contributed by atoms with Crippen molar-refractivity contribution in [1.29, 1.82) is 5.26 Å². The molecule has 0 bridgehead atoms. The molecule has 1 N–H and O–H groups in total. The highest BCUT2D eigenvalue weighted by Crippen LogP contribution is 2.15. The van der Waals surface area contributed by atoms with E-state index in [1.54, 1.807) is 18.5 Å². The molecule has 0 saturated heterocycles. The molecule has 1 amide bonds. The van der Waals surface area contributed by atoms with Gasteiger partial charge in [0.25, 0.3) is 5.91 Å². The summed E-state index contributed by atoms with van der Waals surface area (Å²) in [5.41, 5.74) is 0.567. The zero-order valence-corrected chi connectivity index (χ0v) is 10.3. The number of hydrogen-bond donors (Lipinski definition) is 1. The van der Waals surface area contributed by atoms with E-state index in [1.165, 1.54) is 16.2 Å². The lowest BCUT2D eigenvalue weighted by Gasteiger charge is -2.13. The van der Waals surface area contributed by atoms with Crippen molar-refractivity contribution in [1.82, 2.24) is 4.90 Å². The van der Waals surface area contributed by atoms with Gasteiger partial charge in [-0.05, 0) is 6.07 Å². The maximum atomic E-state index is 11.9. The highest BCUT2D eigenvalue weighted by atomic mass is 32.1. The lowest BCUT2D eigenvalue weighted by atomic mass is 10.2. The molecule has 1 heterocycles. The maximum absolute atomic E-state index is 11.9. The number of amides is 1. The smallest absolute Gasteiger partial charge is 0.254 e. The monoisotopic (exact) mass is 248 g/mol. The largest absolute Gasteiger partial charge is 0.384 e. The van der Waals surface area contributed by atoms with Crippen LogP contribution in [0.1, 0.15) is 21.7 Å². The second-order valence-corrected chi connectivity index (χ2v) is 4.21. The van der Waals surface area contributed by atoms with Gasteiger partial charge in [0, 0.05) is 19.0 Å². The molecule has 0 saturated carbocycles. The van der Waals surface area contributed by atoms with Gasteiger partial charge < -0.3 is 10.0 Å². The van der Waals surface area contributed by atoms with Crippen molar-refractivity contribution in [2.75, 3.05) is 20.2 Å². The minimum absolute atomic E-state index is 0.117. The Morgan fingerprint density at radius 1 is 1.65 bits per heavy atom. The van der Waals surface area contributed by atoms with E-state index in [-0.39, 0.29) is 12.5 Å². The van der Waals surface area contributed by atoms with Crippen molar-refractivity contribution in [3.8, 4) is 17.9 Å². The minimum atomic E-state index is -0.191. The quantitative estimate of drug-likeness (QED) is 0.814. The van der Waals surface area contributed by atoms with Crippen LogP contribution < -0.4 is 0 Å². The molecule has 0 aliphatic heterocycles. The van der Waals surface area contributed by atoms with Crippen LogP contribution in [-0.2, 0) is 0 Å². The van der Waals surface area contributed by atoms with Crippen molar-refractivity contribution in [2.24, 2.45) is 0 Å². The zero-order chi connectivity index (χ0) is 12.7. The Kier molecular flexibility index (Phi) is 5.22. The van der Waals surface area contributed by atoms with Gasteiger partial charge >= 0.3 is 0 Å². The number of aliphatic hydroxyl groups excluding tert-OH is 1. The molecule has 0 unspecified atom stereocenters. The van der Waals surface area contributed by atoms with Crippen LogP contribution in [-0.4, -0.2) is 36.1 Å². The summed E-state index contributed by atoms with van der Waals surface area (Å²) in [6, 6.07) is 3.69. The number of carbonyl (C=O) groups is 1. The van der Waals surface area contributed by atoms with Gasteiger partial charge in [0.2, 0.25) is 0 Å². The number of thiophene rings is 1. The molecule has 17 heavy (non-hydrogen) atoms. The normalized spacial score (nSPS) is 9.00. The van der Waals surface area contributed by atoms with E-state index in [0.29, 0.717) is 18.5 Å². The van der Waals surface area contributed by atoms with Crippen LogP contribution in [0.25, 0.3) is 0 Å². The molecule has 1 rings (SSSR count). The van der Waals surface area contributed by atoms with Crippen molar-refractivity contribution < 1.29 is 9.90 Å². The third-order valence-corrected chi connectivity index (χ3v) is 2.89. The topological polar surface area (TPSA) is 64.3 Å². The summed E-state index contributed by atoms with van der Waals surface area (Å²) in [7, 11) is 1.66. The van der Waals surface area contributed by atoms with Crippen molar-refractivity contribution in [2.45, 2.75) is 6.42 Å². The second-order valence-electron chi connectivity index (χ2n) is 3.29. The first-order valence-electron chi connectivity index (χ1n) is 4.99. The van der Waals surface area contributed by atoms with E-state index in [2.05, 4.69) is 11.8 Å². The van der Waals surface area contributed by atoms with Crippen LogP contribution in [0.2, 0.25) is 0 Å². The summed E-state index contributed by atoms with van der Waals surface area (Å²) in [5.74, 6) is 5.16. The summed E-state index contributed by atoms with van der Waals surface area (Å²) in [4.78, 5) is 14.1. The van der Waals surface area contributed by atoms with Crippen LogP contribution in [0.3, 0.4) is 0 Å². The van der Waals surface area contributed by atoms with Crippen LogP contribution >= 0.6 is 11.3 Å². The predicted octanol–water partition coefficient (Wildman–Crippen LogP) is 1.08. The molecule has 0 aromatic carbocycles. The Bertz CT molecular complexity index is 491. The lowest BCUT2D eigenvalue weighted by molar-refractivity contribution is 0.0798. The van der Waals surface area contributed by atoms with E-state index in [9.17, 15) is 4.79 Å². The average molecular weight is 248 g/mol. The molecule has 0 fully saturated rings. The fraction of sp³-hybridized carbons (Fsp3) is 0.333. The van der Waals surface area contributed by atoms with Gasteiger partial charge in [-0.15, -0.1) is 11.3 Å². The Hall–Kier alpha value is -1.82. The van der Waals surface area contributed by atoms with Gasteiger partial charge in [-0.25, -0.2) is 0 Å². The molecule has 4 nitrogen and oxygen atoms in total. The summed E-state index contributed by atoms with van der Waals surface area (Å²) in [6.45, 7) is 0.228. The molecular weight excluding hydrogens is 236 g/mol. The van der Waals surface area contributed by atoms with Crippen molar-refractivity contribution in [3.05, 3.63) is 21.9 Å². The third kappa shape index (κ3) is 3.92. The average Bonchev–Trinajstić information content (AvgIpc) is 2.81. The first-order chi connectivity index (χ1) is 8.19. The minimum Gasteiger partial charge on any atom is -0.384 e. The SMILES string of the molecule is CN(CCC#N)C(=O)c1csc(C#CCO)c1. The Labute approximate surface area is 104 Å². The highest BCUT2D eigenvalue weighted by molar-refractivity contribution is 7.10. The number of nitriles is 1. The first kappa shape index (κ1) is 13.2. The van der Waals surface area contributed by atoms with Crippen LogP contribution in [0.15, 0.2) is 11.4 Å². The van der Waals surface area contributed by atoms with E-state index in [1.807, 2.05) is 6.07 Å². The molecule has 0 atom stereocenters. The number of nitrogens with zero attached hydrogens (tertiary/aromatic N) is 2. The standard InChI is InChI=1S/C12H12N2O2S/c1-14(6-3-5-13)12(16)10-8-11(17-9-10)4-2-7-15/h8-9,15H,3,6-7H2,1H3. The number of rotatable bonds is 3. The molecular formula is C12H12N2O2S. The van der Waals surface area contributed by atoms with Crippen LogP contribution in [0.4, 0.5) is 0 Å². The molecule has 0 aliphatic rings. The molecule has 88 valence electrons. The molecule has 0 aliphatic carbocycles. The van der Waals surface area contributed by atoms with Gasteiger partial charge in [0.05, 0.1) is 22.9 Å². The number of carbonyl (C=O) groups excluding carboxylic acids is 1. The third-order valence-electron chi connectivity index (χ3n) is 2.04. The molecule has 0 spiro atoms. The highest BCUT2D eigenvalue weighted by Gasteiger charge is 2.12. The Morgan fingerprint density at radius 2 is 2.41 bits per heavy atom. The fourth-order valence-electron chi connectivity index (χ4n) is 1.18. The summed E-state index contributed by atoms with van der Waals surface area (Å²) in [5, 5.41) is 18.7. The molecule has 5 heteroatoms. The van der Waals surface area contributed by atoms with E-state index in [4.69, 9.17) is 10.4 Å². The predicted molar refractivity (Wildman–Crippen MR) is 65.5 cm³/mol. The Balaban J connectivity index is 2.70. The van der Waals surface area contributed by atoms with E-state index in [0.717, 1.165) is 4.88 Å². The number of aliphatic hydroxyl groups is 1. The molecule has 1 aromatic heterocycles. The van der Waals surface area contributed by atoms with Crippen molar-refractivity contribution in [3.63, 3.8) is 0 Å². The van der Waals surface area contributed by atoms with Gasteiger partial charge in [-0.1, -0.05) is 11.8 Å². The summed E-state index contributed by atoms with van der Waals surface area (Å²) < 4.78 is 0. The Morgan fingerprint density at radius 3 is 3.06 bits per heavy atom. The van der Waals surface area contributed by atoms with Gasteiger partial charge in [0.1, 0.15) is 6.61 Å². The van der Waals surface area contributed by atoms with Gasteiger partial charge in [0.15, 0.2) is 0 Å². The molecule has 1 aromatic rings. The van der Waals surface area contributed by atoms with Crippen LogP contribution in [0, 0.1) is 23.2 Å². The second kappa shape index (κ2) is 6.70.